The van der Waals surface area contributed by atoms with E-state index < -0.39 is 0 Å². The topological polar surface area (TPSA) is 63.6 Å². The number of anilines is 1. The number of nitrogens with zero attached hydrogens (tertiary/aromatic N) is 2. The number of thiophene rings is 1. The van der Waals surface area contributed by atoms with Gasteiger partial charge in [0.05, 0.1) is 24.8 Å². The second-order valence-electron chi connectivity index (χ2n) is 6.93. The van der Waals surface area contributed by atoms with Crippen LogP contribution in [0.1, 0.15) is 52.3 Å². The minimum absolute atomic E-state index is 0.0945. The van der Waals surface area contributed by atoms with Crippen LogP contribution < -0.4 is 5.32 Å². The maximum absolute atomic E-state index is 12.7. The highest BCUT2D eigenvalue weighted by atomic mass is 32.1. The molecular formula is C20H27N3O3S. The van der Waals surface area contributed by atoms with Gasteiger partial charge in [-0.05, 0) is 57.9 Å². The van der Waals surface area contributed by atoms with Crippen LogP contribution in [0.3, 0.4) is 0 Å². The molecule has 146 valence electrons. The molecule has 0 aliphatic carbocycles. The van der Waals surface area contributed by atoms with Gasteiger partial charge >= 0.3 is 5.97 Å². The predicted molar refractivity (Wildman–Crippen MR) is 107 cm³/mol. The molecule has 0 saturated carbocycles. The van der Waals surface area contributed by atoms with Gasteiger partial charge in [-0.25, -0.2) is 4.79 Å². The molecule has 2 aromatic heterocycles. The van der Waals surface area contributed by atoms with Gasteiger partial charge in [-0.2, -0.15) is 0 Å². The lowest BCUT2D eigenvalue weighted by atomic mass is 10.1. The van der Waals surface area contributed by atoms with Crippen LogP contribution in [-0.4, -0.2) is 41.0 Å². The quantitative estimate of drug-likeness (QED) is 0.766. The molecule has 1 aliphatic rings. The van der Waals surface area contributed by atoms with Crippen molar-refractivity contribution in [3.63, 3.8) is 0 Å². The van der Waals surface area contributed by atoms with E-state index in [2.05, 4.69) is 20.9 Å². The van der Waals surface area contributed by atoms with E-state index in [0.717, 1.165) is 29.8 Å². The summed E-state index contributed by atoms with van der Waals surface area (Å²) in [6.45, 7) is 7.14. The van der Waals surface area contributed by atoms with Crippen molar-refractivity contribution >= 4 is 28.2 Å². The molecule has 0 spiro atoms. The van der Waals surface area contributed by atoms with Crippen LogP contribution in [0.25, 0.3) is 0 Å². The molecule has 1 atom stereocenters. The Labute approximate surface area is 164 Å². The Morgan fingerprint density at radius 1 is 1.37 bits per heavy atom. The Bertz CT molecular complexity index is 840. The number of aryl methyl sites for hydroxylation is 2. The molecule has 7 heteroatoms. The molecule has 1 unspecified atom stereocenters. The maximum Gasteiger partial charge on any atom is 0.341 e. The van der Waals surface area contributed by atoms with Gasteiger partial charge in [0.1, 0.15) is 5.00 Å². The number of amides is 1. The van der Waals surface area contributed by atoms with Crippen molar-refractivity contribution in [3.8, 4) is 0 Å². The lowest BCUT2D eigenvalue weighted by Gasteiger charge is -2.24. The van der Waals surface area contributed by atoms with Crippen molar-refractivity contribution in [1.82, 2.24) is 9.47 Å². The fourth-order valence-electron chi connectivity index (χ4n) is 3.69. The first-order valence-corrected chi connectivity index (χ1v) is 10.2. The average molecular weight is 390 g/mol. The zero-order valence-corrected chi connectivity index (χ0v) is 17.2. The highest BCUT2D eigenvalue weighted by Gasteiger charge is 2.30. The number of hydrogen-bond acceptors (Lipinski definition) is 5. The Hall–Kier alpha value is -2.12. The highest BCUT2D eigenvalue weighted by Crippen LogP contribution is 2.34. The molecule has 0 aromatic carbocycles. The first kappa shape index (κ1) is 19.6. The number of likely N-dealkylation sites (tertiary alicyclic amines) is 1. The van der Waals surface area contributed by atoms with Gasteiger partial charge in [0.2, 0.25) is 5.91 Å². The largest absolute Gasteiger partial charge is 0.462 e. The summed E-state index contributed by atoms with van der Waals surface area (Å²) in [6.07, 6.45) is 4.17. The fourth-order valence-corrected chi connectivity index (χ4v) is 4.75. The summed E-state index contributed by atoms with van der Waals surface area (Å²) in [4.78, 5) is 28.2. The molecular weight excluding hydrogens is 362 g/mol. The average Bonchev–Trinajstić information content (AvgIpc) is 3.29. The normalized spacial score (nSPS) is 17.3. The molecule has 6 nitrogen and oxygen atoms in total. The third-order valence-electron chi connectivity index (χ3n) is 5.15. The molecule has 1 N–H and O–H groups in total. The molecule has 1 fully saturated rings. The van der Waals surface area contributed by atoms with E-state index in [1.165, 1.54) is 17.0 Å². The Morgan fingerprint density at radius 2 is 2.15 bits per heavy atom. The summed E-state index contributed by atoms with van der Waals surface area (Å²) < 4.78 is 7.28. The molecule has 0 radical (unpaired) electrons. The van der Waals surface area contributed by atoms with E-state index in [0.29, 0.717) is 23.7 Å². The van der Waals surface area contributed by atoms with E-state index in [4.69, 9.17) is 4.74 Å². The van der Waals surface area contributed by atoms with Crippen molar-refractivity contribution in [2.24, 2.45) is 7.05 Å². The first-order chi connectivity index (χ1) is 12.9. The number of carbonyl (C=O) groups is 2. The maximum atomic E-state index is 12.7. The van der Waals surface area contributed by atoms with Crippen LogP contribution in [0.5, 0.6) is 0 Å². The molecule has 2 aromatic rings. The molecule has 0 bridgehead atoms. The van der Waals surface area contributed by atoms with Gasteiger partial charge in [0.15, 0.2) is 0 Å². The van der Waals surface area contributed by atoms with E-state index >= 15 is 0 Å². The Balaban J connectivity index is 1.72. The number of rotatable bonds is 6. The van der Waals surface area contributed by atoms with Crippen LogP contribution in [0.2, 0.25) is 0 Å². The number of esters is 1. The standard InChI is InChI=1S/C20H27N3O3S/c1-5-26-20(25)18-13(2)14(3)27-19(18)21-17(24)12-23-11-7-9-16(23)15-8-6-10-22(15)4/h6,8,10,16H,5,7,9,11-12H2,1-4H3,(H,21,24). The van der Waals surface area contributed by atoms with Crippen LogP contribution in [0.15, 0.2) is 18.3 Å². The molecule has 27 heavy (non-hydrogen) atoms. The lowest BCUT2D eigenvalue weighted by molar-refractivity contribution is -0.117. The van der Waals surface area contributed by atoms with Gasteiger partial charge in [0.25, 0.3) is 0 Å². The Kier molecular flexibility index (Phi) is 6.01. The van der Waals surface area contributed by atoms with Crippen molar-refractivity contribution < 1.29 is 14.3 Å². The third-order valence-corrected chi connectivity index (χ3v) is 6.28. The number of hydrogen-bond donors (Lipinski definition) is 1. The van der Waals surface area contributed by atoms with Gasteiger partial charge in [-0.1, -0.05) is 0 Å². The number of ether oxygens (including phenoxy) is 1. The van der Waals surface area contributed by atoms with Gasteiger partial charge in [0, 0.05) is 23.8 Å². The molecule has 3 heterocycles. The van der Waals surface area contributed by atoms with E-state index in [1.54, 1.807) is 6.92 Å². The number of aromatic nitrogens is 1. The van der Waals surface area contributed by atoms with E-state index in [9.17, 15) is 9.59 Å². The summed E-state index contributed by atoms with van der Waals surface area (Å²) in [5.41, 5.74) is 2.58. The van der Waals surface area contributed by atoms with Gasteiger partial charge in [-0.3, -0.25) is 9.69 Å². The molecule has 3 rings (SSSR count). The molecule has 1 aliphatic heterocycles. The molecule has 1 saturated heterocycles. The SMILES string of the molecule is CCOC(=O)c1c(NC(=O)CN2CCCC2c2cccn2C)sc(C)c1C. The number of nitrogens with one attached hydrogen (secondary N) is 1. The van der Waals surface area contributed by atoms with Crippen LogP contribution >= 0.6 is 11.3 Å². The van der Waals surface area contributed by atoms with Crippen LogP contribution in [0, 0.1) is 13.8 Å². The van der Waals surface area contributed by atoms with E-state index in [1.807, 2.05) is 33.2 Å². The van der Waals surface area contributed by atoms with Crippen LogP contribution in [0.4, 0.5) is 5.00 Å². The fraction of sp³-hybridized carbons (Fsp3) is 0.500. The zero-order chi connectivity index (χ0) is 19.6. The summed E-state index contributed by atoms with van der Waals surface area (Å²) >= 11 is 1.43. The van der Waals surface area contributed by atoms with Crippen molar-refractivity contribution in [2.75, 3.05) is 25.0 Å². The van der Waals surface area contributed by atoms with E-state index in [-0.39, 0.29) is 17.9 Å². The smallest absolute Gasteiger partial charge is 0.341 e. The second-order valence-corrected chi connectivity index (χ2v) is 8.15. The number of carbonyl (C=O) groups excluding carboxylic acids is 2. The third kappa shape index (κ3) is 4.09. The summed E-state index contributed by atoms with van der Waals surface area (Å²) in [7, 11) is 2.04. The summed E-state index contributed by atoms with van der Waals surface area (Å²) in [5, 5.41) is 3.54. The summed E-state index contributed by atoms with van der Waals surface area (Å²) in [5.74, 6) is -0.472. The Morgan fingerprint density at radius 3 is 2.81 bits per heavy atom. The first-order valence-electron chi connectivity index (χ1n) is 9.34. The minimum Gasteiger partial charge on any atom is -0.462 e. The highest BCUT2D eigenvalue weighted by molar-refractivity contribution is 7.16. The summed E-state index contributed by atoms with van der Waals surface area (Å²) in [6, 6.07) is 4.41. The van der Waals surface area contributed by atoms with Gasteiger partial charge < -0.3 is 14.6 Å². The zero-order valence-electron chi connectivity index (χ0n) is 16.4. The second kappa shape index (κ2) is 8.27. The van der Waals surface area contributed by atoms with Crippen LogP contribution in [-0.2, 0) is 16.6 Å². The lowest BCUT2D eigenvalue weighted by Crippen LogP contribution is -2.33. The van der Waals surface area contributed by atoms with Gasteiger partial charge in [-0.15, -0.1) is 11.3 Å². The predicted octanol–water partition coefficient (Wildman–Crippen LogP) is 3.66. The molecule has 1 amide bonds. The van der Waals surface area contributed by atoms with Crippen molar-refractivity contribution in [1.29, 1.82) is 0 Å². The monoisotopic (exact) mass is 389 g/mol. The van der Waals surface area contributed by atoms with Crippen molar-refractivity contribution in [3.05, 3.63) is 40.0 Å². The minimum atomic E-state index is -0.377. The van der Waals surface area contributed by atoms with Crippen molar-refractivity contribution in [2.45, 2.75) is 39.7 Å².